The molecular formula is C11H17N3OS. The molecule has 0 radical (unpaired) electrons. The zero-order chi connectivity index (χ0) is 11.5. The average molecular weight is 239 g/mol. The number of aromatic nitrogens is 1. The normalized spacial score (nSPS) is 15.4. The van der Waals surface area contributed by atoms with Crippen molar-refractivity contribution in [1.29, 1.82) is 0 Å². The highest BCUT2D eigenvalue weighted by Gasteiger charge is 2.27. The highest BCUT2D eigenvalue weighted by Crippen LogP contribution is 2.25. The van der Waals surface area contributed by atoms with Crippen LogP contribution in [0.15, 0.2) is 0 Å². The van der Waals surface area contributed by atoms with Gasteiger partial charge in [-0.25, -0.2) is 4.98 Å². The number of hydrogen-bond acceptors (Lipinski definition) is 4. The number of carbonyl (C=O) groups is 1. The molecule has 2 heterocycles. The molecule has 0 saturated carbocycles. The van der Waals surface area contributed by atoms with Crippen LogP contribution in [0.2, 0.25) is 0 Å². The molecule has 0 aromatic carbocycles. The van der Waals surface area contributed by atoms with E-state index < -0.39 is 0 Å². The van der Waals surface area contributed by atoms with Crippen LogP contribution in [0.4, 0.5) is 0 Å². The molecule has 1 aliphatic rings. The van der Waals surface area contributed by atoms with Crippen LogP contribution in [0.1, 0.15) is 40.1 Å². The maximum Gasteiger partial charge on any atom is 0.265 e. The molecule has 0 fully saturated rings. The molecule has 0 aliphatic carbocycles. The summed E-state index contributed by atoms with van der Waals surface area (Å²) < 4.78 is 0. The van der Waals surface area contributed by atoms with E-state index in [1.807, 2.05) is 4.90 Å². The van der Waals surface area contributed by atoms with E-state index in [0.717, 1.165) is 47.9 Å². The standard InChI is InChI=1S/C11H17N3OS/c1-2-3-5-14-6-4-8-10(11(14)15)16-9(7-12)13-8/h2-7,12H2,1H3. The first-order chi connectivity index (χ1) is 7.76. The molecule has 1 aromatic heterocycles. The lowest BCUT2D eigenvalue weighted by atomic mass is 10.1. The van der Waals surface area contributed by atoms with E-state index in [1.165, 1.54) is 11.3 Å². The lowest BCUT2D eigenvalue weighted by Crippen LogP contribution is -2.37. The first kappa shape index (κ1) is 11.5. The lowest BCUT2D eigenvalue weighted by molar-refractivity contribution is 0.0742. The summed E-state index contributed by atoms with van der Waals surface area (Å²) in [5.41, 5.74) is 6.49. The number of amides is 1. The molecule has 2 N–H and O–H groups in total. The quantitative estimate of drug-likeness (QED) is 0.864. The van der Waals surface area contributed by atoms with E-state index >= 15 is 0 Å². The molecule has 1 aromatic rings. The second kappa shape index (κ2) is 4.93. The summed E-state index contributed by atoms with van der Waals surface area (Å²) in [5, 5.41) is 0.871. The molecule has 0 atom stereocenters. The minimum atomic E-state index is 0.145. The molecular weight excluding hydrogens is 222 g/mol. The Hall–Kier alpha value is -0.940. The van der Waals surface area contributed by atoms with Crippen LogP contribution in [-0.4, -0.2) is 28.9 Å². The van der Waals surface area contributed by atoms with Gasteiger partial charge in [-0.1, -0.05) is 13.3 Å². The van der Waals surface area contributed by atoms with Gasteiger partial charge in [0.1, 0.15) is 9.88 Å². The number of hydrogen-bond donors (Lipinski definition) is 1. The van der Waals surface area contributed by atoms with Crippen molar-refractivity contribution in [3.8, 4) is 0 Å². The Morgan fingerprint density at radius 3 is 3.06 bits per heavy atom. The fourth-order valence-corrected chi connectivity index (χ4v) is 2.83. The van der Waals surface area contributed by atoms with Crippen molar-refractivity contribution in [2.24, 2.45) is 5.73 Å². The van der Waals surface area contributed by atoms with Gasteiger partial charge in [0, 0.05) is 26.1 Å². The van der Waals surface area contributed by atoms with Gasteiger partial charge in [-0.3, -0.25) is 4.79 Å². The van der Waals surface area contributed by atoms with Gasteiger partial charge in [-0.05, 0) is 6.42 Å². The second-order valence-corrected chi connectivity index (χ2v) is 5.07. The summed E-state index contributed by atoms with van der Waals surface area (Å²) in [6.07, 6.45) is 3.07. The summed E-state index contributed by atoms with van der Waals surface area (Å²) >= 11 is 1.45. The fraction of sp³-hybridized carbons (Fsp3) is 0.636. The van der Waals surface area contributed by atoms with Crippen molar-refractivity contribution in [3.63, 3.8) is 0 Å². The van der Waals surface area contributed by atoms with Gasteiger partial charge in [0.2, 0.25) is 0 Å². The van der Waals surface area contributed by atoms with Crippen LogP contribution in [0, 0.1) is 0 Å². The third kappa shape index (κ3) is 2.10. The number of nitrogens with zero attached hydrogens (tertiary/aromatic N) is 2. The van der Waals surface area contributed by atoms with E-state index in [-0.39, 0.29) is 5.91 Å². The maximum atomic E-state index is 12.1. The Morgan fingerprint density at radius 1 is 1.56 bits per heavy atom. The van der Waals surface area contributed by atoms with Crippen LogP contribution in [0.25, 0.3) is 0 Å². The van der Waals surface area contributed by atoms with Crippen molar-refractivity contribution < 1.29 is 4.79 Å². The number of thiazole rings is 1. The van der Waals surface area contributed by atoms with Gasteiger partial charge in [0.25, 0.3) is 5.91 Å². The minimum Gasteiger partial charge on any atom is -0.338 e. The molecule has 0 saturated heterocycles. The molecule has 0 bridgehead atoms. The average Bonchev–Trinajstić information content (AvgIpc) is 2.72. The van der Waals surface area contributed by atoms with Crippen LogP contribution >= 0.6 is 11.3 Å². The minimum absolute atomic E-state index is 0.145. The van der Waals surface area contributed by atoms with Gasteiger partial charge in [0.15, 0.2) is 0 Å². The highest BCUT2D eigenvalue weighted by atomic mass is 32.1. The first-order valence-electron chi connectivity index (χ1n) is 5.74. The van der Waals surface area contributed by atoms with E-state index in [9.17, 15) is 4.79 Å². The topological polar surface area (TPSA) is 59.2 Å². The third-order valence-electron chi connectivity index (χ3n) is 2.80. The number of nitrogens with two attached hydrogens (primary N) is 1. The van der Waals surface area contributed by atoms with E-state index in [2.05, 4.69) is 11.9 Å². The lowest BCUT2D eigenvalue weighted by Gasteiger charge is -2.25. The molecule has 2 rings (SSSR count). The Kier molecular flexibility index (Phi) is 3.56. The van der Waals surface area contributed by atoms with Crippen LogP contribution < -0.4 is 5.73 Å². The molecule has 1 amide bonds. The molecule has 0 unspecified atom stereocenters. The second-order valence-electron chi connectivity index (χ2n) is 3.98. The van der Waals surface area contributed by atoms with Gasteiger partial charge in [0.05, 0.1) is 5.69 Å². The highest BCUT2D eigenvalue weighted by molar-refractivity contribution is 7.13. The van der Waals surface area contributed by atoms with Gasteiger partial charge < -0.3 is 10.6 Å². The smallest absolute Gasteiger partial charge is 0.265 e. The Balaban J connectivity index is 2.14. The van der Waals surface area contributed by atoms with Crippen LogP contribution in [0.5, 0.6) is 0 Å². The monoisotopic (exact) mass is 239 g/mol. The number of unbranched alkanes of at least 4 members (excludes halogenated alkanes) is 1. The molecule has 0 spiro atoms. The van der Waals surface area contributed by atoms with Gasteiger partial charge in [-0.15, -0.1) is 11.3 Å². The SMILES string of the molecule is CCCCN1CCc2nc(CN)sc2C1=O. The Bertz CT molecular complexity index is 389. The zero-order valence-electron chi connectivity index (χ0n) is 9.53. The van der Waals surface area contributed by atoms with E-state index in [0.29, 0.717) is 6.54 Å². The van der Waals surface area contributed by atoms with Crippen molar-refractivity contribution in [2.45, 2.75) is 32.7 Å². The van der Waals surface area contributed by atoms with Crippen molar-refractivity contribution in [3.05, 3.63) is 15.6 Å². The van der Waals surface area contributed by atoms with Gasteiger partial charge in [-0.2, -0.15) is 0 Å². The van der Waals surface area contributed by atoms with Crippen molar-refractivity contribution >= 4 is 17.2 Å². The predicted molar refractivity (Wildman–Crippen MR) is 64.5 cm³/mol. The number of rotatable bonds is 4. The Labute approximate surface area is 99.5 Å². The van der Waals surface area contributed by atoms with Crippen molar-refractivity contribution in [1.82, 2.24) is 9.88 Å². The summed E-state index contributed by atoms with van der Waals surface area (Å²) in [5.74, 6) is 0.145. The summed E-state index contributed by atoms with van der Waals surface area (Å²) in [7, 11) is 0. The molecule has 1 aliphatic heterocycles. The molecule has 5 heteroatoms. The van der Waals surface area contributed by atoms with E-state index in [1.54, 1.807) is 0 Å². The van der Waals surface area contributed by atoms with Crippen molar-refractivity contribution in [2.75, 3.05) is 13.1 Å². The summed E-state index contributed by atoms with van der Waals surface area (Å²) in [4.78, 5) is 19.2. The molecule has 16 heavy (non-hydrogen) atoms. The number of carbonyl (C=O) groups excluding carboxylic acids is 1. The first-order valence-corrected chi connectivity index (χ1v) is 6.55. The summed E-state index contributed by atoms with van der Waals surface area (Å²) in [6, 6.07) is 0. The zero-order valence-corrected chi connectivity index (χ0v) is 10.3. The predicted octanol–water partition coefficient (Wildman–Crippen LogP) is 1.40. The third-order valence-corrected chi connectivity index (χ3v) is 3.91. The Morgan fingerprint density at radius 2 is 2.38 bits per heavy atom. The fourth-order valence-electron chi connectivity index (χ4n) is 1.87. The van der Waals surface area contributed by atoms with Crippen LogP contribution in [-0.2, 0) is 13.0 Å². The van der Waals surface area contributed by atoms with Gasteiger partial charge >= 0.3 is 0 Å². The molecule has 88 valence electrons. The molecule has 4 nitrogen and oxygen atoms in total. The maximum absolute atomic E-state index is 12.1. The largest absolute Gasteiger partial charge is 0.338 e. The van der Waals surface area contributed by atoms with E-state index in [4.69, 9.17) is 5.73 Å². The number of fused-ring (bicyclic) bond motifs is 1. The summed E-state index contributed by atoms with van der Waals surface area (Å²) in [6.45, 7) is 4.24. The van der Waals surface area contributed by atoms with Crippen LogP contribution in [0.3, 0.4) is 0 Å².